The van der Waals surface area contributed by atoms with Crippen LogP contribution in [0.4, 0.5) is 0 Å². The second kappa shape index (κ2) is 5.19. The van der Waals surface area contributed by atoms with Crippen molar-refractivity contribution < 1.29 is 4.42 Å². The molecule has 0 fully saturated rings. The number of hydrogen-bond acceptors (Lipinski definition) is 2. The predicted molar refractivity (Wildman–Crippen MR) is 65.6 cm³/mol. The average Bonchev–Trinajstić information content (AvgIpc) is 2.58. The largest absolute Gasteiger partial charge is 0.461 e. The summed E-state index contributed by atoms with van der Waals surface area (Å²) < 4.78 is 5.76. The van der Waals surface area contributed by atoms with Gasteiger partial charge in [0.1, 0.15) is 11.3 Å². The minimum absolute atomic E-state index is 0. The van der Waals surface area contributed by atoms with Crippen LogP contribution in [-0.2, 0) is 13.0 Å². The fourth-order valence-corrected chi connectivity index (χ4v) is 1.81. The second-order valence-corrected chi connectivity index (χ2v) is 3.38. The first-order valence-corrected chi connectivity index (χ1v) is 5.00. The summed E-state index contributed by atoms with van der Waals surface area (Å²) in [6.45, 7) is 3.00. The van der Waals surface area contributed by atoms with Crippen molar-refractivity contribution in [2.24, 2.45) is 0 Å². The summed E-state index contributed by atoms with van der Waals surface area (Å²) in [5.74, 6) is 1.10. The molecule has 1 aromatic heterocycles. The number of benzene rings is 1. The highest BCUT2D eigenvalue weighted by Gasteiger charge is 2.10. The normalized spacial score (nSPS) is 10.3. The molecule has 2 rings (SSSR count). The highest BCUT2D eigenvalue weighted by Crippen LogP contribution is 2.25. The summed E-state index contributed by atoms with van der Waals surface area (Å²) in [7, 11) is 1.96. The van der Waals surface area contributed by atoms with Gasteiger partial charge in [0, 0.05) is 23.9 Å². The zero-order valence-corrected chi connectivity index (χ0v) is 9.86. The fourth-order valence-electron chi connectivity index (χ4n) is 1.81. The lowest BCUT2D eigenvalue weighted by molar-refractivity contribution is 0.547. The summed E-state index contributed by atoms with van der Waals surface area (Å²) in [6, 6.07) is 8.20. The maximum absolute atomic E-state index is 5.76. The van der Waals surface area contributed by atoms with E-state index >= 15 is 0 Å². The standard InChI is InChI=1S/C12H15NO.ClH/c1-3-11-10(8-13-2)9-6-4-5-7-12(9)14-11;/h4-7,13H,3,8H2,1-2H3;1H. The van der Waals surface area contributed by atoms with Gasteiger partial charge in [0.05, 0.1) is 0 Å². The first-order valence-electron chi connectivity index (χ1n) is 5.00. The quantitative estimate of drug-likeness (QED) is 0.868. The van der Waals surface area contributed by atoms with Crippen LogP contribution in [0.25, 0.3) is 11.0 Å². The van der Waals surface area contributed by atoms with Crippen LogP contribution in [0.1, 0.15) is 18.2 Å². The molecule has 0 aliphatic heterocycles. The van der Waals surface area contributed by atoms with Crippen LogP contribution in [0, 0.1) is 0 Å². The van der Waals surface area contributed by atoms with Crippen molar-refractivity contribution in [3.8, 4) is 0 Å². The third-order valence-electron chi connectivity index (χ3n) is 2.46. The smallest absolute Gasteiger partial charge is 0.134 e. The zero-order chi connectivity index (χ0) is 9.97. The van der Waals surface area contributed by atoms with E-state index in [9.17, 15) is 0 Å². The minimum Gasteiger partial charge on any atom is -0.461 e. The summed E-state index contributed by atoms with van der Waals surface area (Å²) >= 11 is 0. The molecule has 1 N–H and O–H groups in total. The SMILES string of the molecule is CCc1oc2ccccc2c1CNC.Cl. The van der Waals surface area contributed by atoms with E-state index in [2.05, 4.69) is 24.4 Å². The molecule has 1 aromatic carbocycles. The second-order valence-electron chi connectivity index (χ2n) is 3.38. The molecule has 0 aliphatic carbocycles. The van der Waals surface area contributed by atoms with Crippen molar-refractivity contribution >= 4 is 23.4 Å². The highest BCUT2D eigenvalue weighted by atomic mass is 35.5. The molecular weight excluding hydrogens is 210 g/mol. The molecule has 0 unspecified atom stereocenters. The highest BCUT2D eigenvalue weighted by molar-refractivity contribution is 5.85. The van der Waals surface area contributed by atoms with Crippen molar-refractivity contribution in [1.82, 2.24) is 5.32 Å². The zero-order valence-electron chi connectivity index (χ0n) is 9.04. The molecule has 1 heterocycles. The molecule has 0 atom stereocenters. The van der Waals surface area contributed by atoms with Gasteiger partial charge in [-0.25, -0.2) is 0 Å². The van der Waals surface area contributed by atoms with E-state index in [1.54, 1.807) is 0 Å². The summed E-state index contributed by atoms with van der Waals surface area (Å²) in [6.07, 6.45) is 0.950. The van der Waals surface area contributed by atoms with E-state index in [0.717, 1.165) is 24.3 Å². The van der Waals surface area contributed by atoms with E-state index in [4.69, 9.17) is 4.42 Å². The topological polar surface area (TPSA) is 25.2 Å². The number of fused-ring (bicyclic) bond motifs is 1. The Labute approximate surface area is 96.1 Å². The lowest BCUT2D eigenvalue weighted by atomic mass is 10.1. The number of hydrogen-bond donors (Lipinski definition) is 1. The molecule has 0 bridgehead atoms. The number of nitrogens with one attached hydrogen (secondary N) is 1. The van der Waals surface area contributed by atoms with Gasteiger partial charge in [0.25, 0.3) is 0 Å². The van der Waals surface area contributed by atoms with Gasteiger partial charge in [-0.2, -0.15) is 0 Å². The van der Waals surface area contributed by atoms with Crippen molar-refractivity contribution in [3.05, 3.63) is 35.6 Å². The predicted octanol–water partition coefficient (Wildman–Crippen LogP) is 3.14. The molecule has 0 saturated carbocycles. The van der Waals surface area contributed by atoms with Crippen molar-refractivity contribution in [2.45, 2.75) is 19.9 Å². The van der Waals surface area contributed by atoms with Crippen LogP contribution >= 0.6 is 12.4 Å². The molecular formula is C12H16ClNO. The first kappa shape index (κ1) is 12.1. The molecule has 3 heteroatoms. The number of aryl methyl sites for hydroxylation is 1. The molecule has 0 aliphatic rings. The van der Waals surface area contributed by atoms with Gasteiger partial charge in [0.2, 0.25) is 0 Å². The number of halogens is 1. The third-order valence-corrected chi connectivity index (χ3v) is 2.46. The van der Waals surface area contributed by atoms with Crippen LogP contribution < -0.4 is 5.32 Å². The van der Waals surface area contributed by atoms with Gasteiger partial charge in [-0.15, -0.1) is 12.4 Å². The third kappa shape index (κ3) is 2.16. The van der Waals surface area contributed by atoms with Gasteiger partial charge in [-0.05, 0) is 13.1 Å². The molecule has 0 radical (unpaired) electrons. The van der Waals surface area contributed by atoms with E-state index in [1.807, 2.05) is 19.2 Å². The molecule has 0 saturated heterocycles. The Morgan fingerprint density at radius 3 is 2.67 bits per heavy atom. The Morgan fingerprint density at radius 1 is 1.27 bits per heavy atom. The van der Waals surface area contributed by atoms with Gasteiger partial charge in [-0.1, -0.05) is 25.1 Å². The van der Waals surface area contributed by atoms with Gasteiger partial charge < -0.3 is 9.73 Å². The van der Waals surface area contributed by atoms with E-state index in [1.165, 1.54) is 10.9 Å². The lowest BCUT2D eigenvalue weighted by Crippen LogP contribution is -2.06. The van der Waals surface area contributed by atoms with Gasteiger partial charge in [-0.3, -0.25) is 0 Å². The summed E-state index contributed by atoms with van der Waals surface area (Å²) in [5, 5.41) is 4.41. The Kier molecular flexibility index (Phi) is 4.18. The number of para-hydroxylation sites is 1. The van der Waals surface area contributed by atoms with Crippen molar-refractivity contribution in [2.75, 3.05) is 7.05 Å². The van der Waals surface area contributed by atoms with Crippen molar-refractivity contribution in [1.29, 1.82) is 0 Å². The number of furan rings is 1. The van der Waals surface area contributed by atoms with Crippen molar-refractivity contribution in [3.63, 3.8) is 0 Å². The van der Waals surface area contributed by atoms with E-state index < -0.39 is 0 Å². The Hall–Kier alpha value is -0.990. The molecule has 2 aromatic rings. The molecule has 0 spiro atoms. The van der Waals surface area contributed by atoms with Crippen LogP contribution in [0.15, 0.2) is 28.7 Å². The Balaban J connectivity index is 0.00000112. The van der Waals surface area contributed by atoms with E-state index in [0.29, 0.717) is 0 Å². The van der Waals surface area contributed by atoms with Gasteiger partial charge in [0.15, 0.2) is 0 Å². The average molecular weight is 226 g/mol. The first-order chi connectivity index (χ1) is 6.86. The Bertz CT molecular complexity index is 436. The fraction of sp³-hybridized carbons (Fsp3) is 0.333. The lowest BCUT2D eigenvalue weighted by Gasteiger charge is -1.98. The maximum atomic E-state index is 5.76. The molecule has 2 nitrogen and oxygen atoms in total. The summed E-state index contributed by atoms with van der Waals surface area (Å²) in [4.78, 5) is 0. The number of rotatable bonds is 3. The molecule has 0 amide bonds. The molecule has 82 valence electrons. The monoisotopic (exact) mass is 225 g/mol. The van der Waals surface area contributed by atoms with Crippen LogP contribution in [-0.4, -0.2) is 7.05 Å². The van der Waals surface area contributed by atoms with Crippen LogP contribution in [0.2, 0.25) is 0 Å². The van der Waals surface area contributed by atoms with Crippen LogP contribution in [0.3, 0.4) is 0 Å². The Morgan fingerprint density at radius 2 is 2.00 bits per heavy atom. The molecule has 15 heavy (non-hydrogen) atoms. The minimum atomic E-state index is 0. The van der Waals surface area contributed by atoms with Gasteiger partial charge >= 0.3 is 0 Å². The van der Waals surface area contributed by atoms with E-state index in [-0.39, 0.29) is 12.4 Å². The van der Waals surface area contributed by atoms with Crippen LogP contribution in [0.5, 0.6) is 0 Å². The summed E-state index contributed by atoms with van der Waals surface area (Å²) in [5.41, 5.74) is 2.29. The maximum Gasteiger partial charge on any atom is 0.134 e.